The van der Waals surface area contributed by atoms with Crippen molar-refractivity contribution in [3.05, 3.63) is 27.8 Å². The van der Waals surface area contributed by atoms with E-state index < -0.39 is 0 Å². The molecule has 0 bridgehead atoms. The summed E-state index contributed by atoms with van der Waals surface area (Å²) in [6.45, 7) is 0.816. The Balaban J connectivity index is 2.07. The molecule has 0 aliphatic carbocycles. The molecule has 1 unspecified atom stereocenters. The van der Waals surface area contributed by atoms with Gasteiger partial charge in [0.05, 0.1) is 16.7 Å². The zero-order valence-corrected chi connectivity index (χ0v) is 11.5. The van der Waals surface area contributed by atoms with Crippen LogP contribution >= 0.6 is 27.5 Å². The van der Waals surface area contributed by atoms with Crippen molar-refractivity contribution in [3.8, 4) is 0 Å². The van der Waals surface area contributed by atoms with Crippen molar-refractivity contribution in [2.24, 2.45) is 0 Å². The first-order valence-electron chi connectivity index (χ1n) is 5.69. The smallest absolute Gasteiger partial charge is 0.150 e. The predicted octanol–water partition coefficient (Wildman–Crippen LogP) is 4.15. The summed E-state index contributed by atoms with van der Waals surface area (Å²) in [6.07, 6.45) is 5.26. The van der Waals surface area contributed by atoms with E-state index in [2.05, 4.69) is 21.0 Å². The highest BCUT2D eigenvalue weighted by molar-refractivity contribution is 9.10. The Kier molecular flexibility index (Phi) is 3.11. The highest BCUT2D eigenvalue weighted by Crippen LogP contribution is 2.31. The third-order valence-electron chi connectivity index (χ3n) is 3.07. The van der Waals surface area contributed by atoms with Gasteiger partial charge in [0.15, 0.2) is 6.23 Å². The molecule has 1 fully saturated rings. The Morgan fingerprint density at radius 1 is 1.41 bits per heavy atom. The minimum absolute atomic E-state index is 0.0542. The quantitative estimate of drug-likeness (QED) is 0.790. The molecule has 1 atom stereocenters. The lowest BCUT2D eigenvalue weighted by Gasteiger charge is -2.23. The zero-order chi connectivity index (χ0) is 11.8. The molecule has 1 aliphatic rings. The van der Waals surface area contributed by atoms with Crippen LogP contribution in [0.15, 0.2) is 22.8 Å². The monoisotopic (exact) mass is 314 g/mol. The van der Waals surface area contributed by atoms with Crippen LogP contribution in [0.5, 0.6) is 0 Å². The van der Waals surface area contributed by atoms with E-state index in [9.17, 15) is 0 Å². The Morgan fingerprint density at radius 2 is 2.29 bits per heavy atom. The Morgan fingerprint density at radius 3 is 3.06 bits per heavy atom. The maximum absolute atomic E-state index is 6.13. The Bertz CT molecular complexity index is 549. The topological polar surface area (TPSA) is 27.1 Å². The second-order valence-electron chi connectivity index (χ2n) is 4.24. The molecule has 5 heteroatoms. The molecule has 0 saturated carbocycles. The second-order valence-corrected chi connectivity index (χ2v) is 5.50. The van der Waals surface area contributed by atoms with Crippen molar-refractivity contribution in [1.82, 2.24) is 9.78 Å². The Labute approximate surface area is 113 Å². The fraction of sp³-hybridized carbons (Fsp3) is 0.417. The summed E-state index contributed by atoms with van der Waals surface area (Å²) in [5.41, 5.74) is 1.03. The molecule has 17 heavy (non-hydrogen) atoms. The number of aromatic nitrogens is 2. The van der Waals surface area contributed by atoms with Crippen molar-refractivity contribution >= 4 is 38.4 Å². The standard InChI is InChI=1S/C12H12BrClN2O/c13-9-5-8-7-15-16(11(8)6-10(9)14)12-3-1-2-4-17-12/h5-7,12H,1-4H2. The molecule has 0 N–H and O–H groups in total. The SMILES string of the molecule is Clc1cc2c(cnn2C2CCCCO2)cc1Br. The number of benzene rings is 1. The number of hydrogen-bond acceptors (Lipinski definition) is 2. The van der Waals surface area contributed by atoms with E-state index in [4.69, 9.17) is 16.3 Å². The number of halogens is 2. The summed E-state index contributed by atoms with van der Waals surface area (Å²) in [5.74, 6) is 0. The maximum Gasteiger partial charge on any atom is 0.150 e. The number of hydrogen-bond donors (Lipinski definition) is 0. The normalized spacial score (nSPS) is 20.9. The van der Waals surface area contributed by atoms with Gasteiger partial charge in [-0.2, -0.15) is 5.10 Å². The summed E-state index contributed by atoms with van der Waals surface area (Å²) >= 11 is 9.55. The molecular formula is C12H12BrClN2O. The van der Waals surface area contributed by atoms with Gasteiger partial charge in [-0.05, 0) is 47.3 Å². The van der Waals surface area contributed by atoms with Crippen LogP contribution in [0, 0.1) is 0 Å². The molecule has 0 amide bonds. The molecule has 0 spiro atoms. The first-order valence-corrected chi connectivity index (χ1v) is 6.86. The molecule has 1 aromatic heterocycles. The molecule has 1 aliphatic heterocycles. The van der Waals surface area contributed by atoms with E-state index in [1.807, 2.05) is 23.0 Å². The van der Waals surface area contributed by atoms with Crippen molar-refractivity contribution in [2.75, 3.05) is 6.61 Å². The van der Waals surface area contributed by atoms with Gasteiger partial charge in [0.25, 0.3) is 0 Å². The van der Waals surface area contributed by atoms with Gasteiger partial charge >= 0.3 is 0 Å². The van der Waals surface area contributed by atoms with E-state index in [0.29, 0.717) is 5.02 Å². The average molecular weight is 316 g/mol. The molecule has 2 aromatic rings. The van der Waals surface area contributed by atoms with Gasteiger partial charge in [-0.1, -0.05) is 11.6 Å². The van der Waals surface area contributed by atoms with Gasteiger partial charge in [-0.25, -0.2) is 4.68 Å². The van der Waals surface area contributed by atoms with Crippen LogP contribution < -0.4 is 0 Å². The maximum atomic E-state index is 6.13. The van der Waals surface area contributed by atoms with Gasteiger partial charge in [0.1, 0.15) is 0 Å². The van der Waals surface area contributed by atoms with Crippen LogP contribution in [0.2, 0.25) is 5.02 Å². The highest BCUT2D eigenvalue weighted by atomic mass is 79.9. The van der Waals surface area contributed by atoms with Gasteiger partial charge in [-0.15, -0.1) is 0 Å². The van der Waals surface area contributed by atoms with E-state index >= 15 is 0 Å². The Hall–Kier alpha value is -0.580. The predicted molar refractivity (Wildman–Crippen MR) is 71.3 cm³/mol. The first-order chi connectivity index (χ1) is 8.25. The van der Waals surface area contributed by atoms with Gasteiger partial charge in [0, 0.05) is 16.5 Å². The van der Waals surface area contributed by atoms with E-state index in [0.717, 1.165) is 34.8 Å². The first kappa shape index (κ1) is 11.5. The molecular weight excluding hydrogens is 304 g/mol. The molecule has 3 nitrogen and oxygen atoms in total. The molecule has 0 radical (unpaired) electrons. The third kappa shape index (κ3) is 2.09. The van der Waals surface area contributed by atoms with Crippen molar-refractivity contribution in [3.63, 3.8) is 0 Å². The lowest BCUT2D eigenvalue weighted by molar-refractivity contribution is -0.0366. The third-order valence-corrected chi connectivity index (χ3v) is 4.26. The number of nitrogens with zero attached hydrogens (tertiary/aromatic N) is 2. The summed E-state index contributed by atoms with van der Waals surface area (Å²) in [5, 5.41) is 6.20. The molecule has 2 heterocycles. The second kappa shape index (κ2) is 4.59. The van der Waals surface area contributed by atoms with Gasteiger partial charge in [0.2, 0.25) is 0 Å². The summed E-state index contributed by atoms with van der Waals surface area (Å²) in [7, 11) is 0. The summed E-state index contributed by atoms with van der Waals surface area (Å²) in [6, 6.07) is 3.93. The summed E-state index contributed by atoms with van der Waals surface area (Å²) < 4.78 is 8.58. The fourth-order valence-electron chi connectivity index (χ4n) is 2.19. The molecule has 1 saturated heterocycles. The largest absolute Gasteiger partial charge is 0.356 e. The van der Waals surface area contributed by atoms with Gasteiger partial charge < -0.3 is 4.74 Å². The van der Waals surface area contributed by atoms with E-state index in [1.54, 1.807) is 0 Å². The molecule has 3 rings (SSSR count). The molecule has 90 valence electrons. The summed E-state index contributed by atoms with van der Waals surface area (Å²) in [4.78, 5) is 0. The van der Waals surface area contributed by atoms with Crippen LogP contribution in [0.1, 0.15) is 25.5 Å². The van der Waals surface area contributed by atoms with Crippen LogP contribution in [0.3, 0.4) is 0 Å². The van der Waals surface area contributed by atoms with Crippen LogP contribution in [-0.4, -0.2) is 16.4 Å². The fourth-order valence-corrected chi connectivity index (χ4v) is 2.71. The number of ether oxygens (including phenoxy) is 1. The van der Waals surface area contributed by atoms with Crippen LogP contribution in [0.4, 0.5) is 0 Å². The highest BCUT2D eigenvalue weighted by Gasteiger charge is 2.18. The molecule has 1 aromatic carbocycles. The zero-order valence-electron chi connectivity index (χ0n) is 9.20. The minimum atomic E-state index is 0.0542. The average Bonchev–Trinajstić information content (AvgIpc) is 2.74. The van der Waals surface area contributed by atoms with Crippen molar-refractivity contribution in [1.29, 1.82) is 0 Å². The van der Waals surface area contributed by atoms with Crippen LogP contribution in [0.25, 0.3) is 10.9 Å². The minimum Gasteiger partial charge on any atom is -0.356 e. The van der Waals surface area contributed by atoms with Crippen LogP contribution in [-0.2, 0) is 4.74 Å². The van der Waals surface area contributed by atoms with E-state index in [1.165, 1.54) is 6.42 Å². The number of rotatable bonds is 1. The lowest BCUT2D eigenvalue weighted by Crippen LogP contribution is -2.18. The van der Waals surface area contributed by atoms with Crippen molar-refractivity contribution in [2.45, 2.75) is 25.5 Å². The lowest BCUT2D eigenvalue weighted by atomic mass is 10.2. The van der Waals surface area contributed by atoms with Gasteiger partial charge in [-0.3, -0.25) is 0 Å². The number of fused-ring (bicyclic) bond motifs is 1. The van der Waals surface area contributed by atoms with E-state index in [-0.39, 0.29) is 6.23 Å². The van der Waals surface area contributed by atoms with Crippen molar-refractivity contribution < 1.29 is 4.74 Å².